The largest absolute Gasteiger partial charge is 0.356 e. The van der Waals surface area contributed by atoms with E-state index in [2.05, 4.69) is 22.5 Å². The highest BCUT2D eigenvalue weighted by atomic mass is 127. The molecule has 1 fully saturated rings. The van der Waals surface area contributed by atoms with Gasteiger partial charge in [0.1, 0.15) is 0 Å². The van der Waals surface area contributed by atoms with E-state index < -0.39 is 0 Å². The van der Waals surface area contributed by atoms with Crippen molar-refractivity contribution in [1.82, 2.24) is 15.5 Å². The minimum absolute atomic E-state index is 0. The van der Waals surface area contributed by atoms with Gasteiger partial charge in [0.2, 0.25) is 5.91 Å². The molecule has 1 heterocycles. The maximum absolute atomic E-state index is 11.9. The van der Waals surface area contributed by atoms with Gasteiger partial charge in [-0.1, -0.05) is 27.2 Å². The van der Waals surface area contributed by atoms with Gasteiger partial charge in [0.15, 0.2) is 5.96 Å². The van der Waals surface area contributed by atoms with Gasteiger partial charge in [-0.3, -0.25) is 9.79 Å². The maximum Gasteiger partial charge on any atom is 0.225 e. The molecular formula is C14H29IN4O. The summed E-state index contributed by atoms with van der Waals surface area (Å²) in [5, 5.41) is 6.69. The van der Waals surface area contributed by atoms with Crippen LogP contribution in [0.3, 0.4) is 0 Å². The van der Waals surface area contributed by atoms with Crippen LogP contribution in [0.25, 0.3) is 0 Å². The summed E-state index contributed by atoms with van der Waals surface area (Å²) in [4.78, 5) is 18.1. The highest BCUT2D eigenvalue weighted by Gasteiger charge is 2.27. The van der Waals surface area contributed by atoms with Crippen LogP contribution in [0.2, 0.25) is 0 Å². The van der Waals surface area contributed by atoms with Crippen molar-refractivity contribution in [2.45, 2.75) is 46.1 Å². The molecule has 0 aromatic heterocycles. The number of halogens is 1. The second-order valence-electron chi connectivity index (χ2n) is 5.42. The Morgan fingerprint density at radius 2 is 2.15 bits per heavy atom. The smallest absolute Gasteiger partial charge is 0.225 e. The first kappa shape index (κ1) is 19.5. The van der Waals surface area contributed by atoms with Crippen LogP contribution in [0.5, 0.6) is 0 Å². The van der Waals surface area contributed by atoms with Gasteiger partial charge in [-0.25, -0.2) is 0 Å². The fraction of sp³-hybridized carbons (Fsp3) is 0.857. The van der Waals surface area contributed by atoms with E-state index in [4.69, 9.17) is 0 Å². The predicted octanol–water partition coefficient (Wildman–Crippen LogP) is 1.83. The third-order valence-electron chi connectivity index (χ3n) is 3.38. The van der Waals surface area contributed by atoms with Crippen LogP contribution in [0.4, 0.5) is 0 Å². The summed E-state index contributed by atoms with van der Waals surface area (Å²) in [5.41, 5.74) is 0. The lowest BCUT2D eigenvalue weighted by molar-refractivity contribution is -0.133. The van der Waals surface area contributed by atoms with Crippen LogP contribution < -0.4 is 10.6 Å². The third-order valence-corrected chi connectivity index (χ3v) is 3.38. The third kappa shape index (κ3) is 6.28. The molecule has 0 saturated carbocycles. The van der Waals surface area contributed by atoms with Crippen LogP contribution in [0, 0.1) is 5.92 Å². The predicted molar refractivity (Wildman–Crippen MR) is 94.6 cm³/mol. The van der Waals surface area contributed by atoms with Crippen molar-refractivity contribution in [3.8, 4) is 0 Å². The number of nitrogens with one attached hydrogen (secondary N) is 2. The summed E-state index contributed by atoms with van der Waals surface area (Å²) in [6.07, 6.45) is 3.31. The van der Waals surface area contributed by atoms with E-state index in [1.54, 1.807) is 7.05 Å². The van der Waals surface area contributed by atoms with Crippen molar-refractivity contribution < 1.29 is 4.79 Å². The van der Waals surface area contributed by atoms with E-state index in [1.165, 1.54) is 6.42 Å². The topological polar surface area (TPSA) is 56.7 Å². The Morgan fingerprint density at radius 1 is 1.45 bits per heavy atom. The number of hydrogen-bond donors (Lipinski definition) is 2. The lowest BCUT2D eigenvalue weighted by Crippen LogP contribution is -2.45. The number of rotatable bonds is 5. The second-order valence-corrected chi connectivity index (χ2v) is 5.42. The van der Waals surface area contributed by atoms with Gasteiger partial charge in [0, 0.05) is 38.6 Å². The minimum Gasteiger partial charge on any atom is -0.356 e. The monoisotopic (exact) mass is 396 g/mol. The van der Waals surface area contributed by atoms with E-state index in [0.717, 1.165) is 38.4 Å². The first-order valence-corrected chi connectivity index (χ1v) is 7.34. The van der Waals surface area contributed by atoms with E-state index in [9.17, 15) is 4.79 Å². The maximum atomic E-state index is 11.9. The van der Waals surface area contributed by atoms with Crippen molar-refractivity contribution in [1.29, 1.82) is 0 Å². The Kier molecular flexibility index (Phi) is 9.96. The lowest BCUT2D eigenvalue weighted by atomic mass is 10.2. The Labute approximate surface area is 140 Å². The van der Waals surface area contributed by atoms with Crippen molar-refractivity contribution >= 4 is 35.8 Å². The van der Waals surface area contributed by atoms with Crippen LogP contribution in [-0.4, -0.2) is 49.5 Å². The first-order valence-electron chi connectivity index (χ1n) is 7.34. The first-order chi connectivity index (χ1) is 9.08. The average Bonchev–Trinajstić information content (AvgIpc) is 2.85. The zero-order chi connectivity index (χ0) is 14.3. The summed E-state index contributed by atoms with van der Waals surface area (Å²) in [5.74, 6) is 1.18. The molecule has 0 aromatic carbocycles. The quantitative estimate of drug-likeness (QED) is 0.323. The molecule has 20 heavy (non-hydrogen) atoms. The van der Waals surface area contributed by atoms with Crippen molar-refractivity contribution in [2.75, 3.05) is 26.7 Å². The van der Waals surface area contributed by atoms with Crippen molar-refractivity contribution in [3.05, 3.63) is 0 Å². The number of likely N-dealkylation sites (tertiary alicyclic amines) is 1. The summed E-state index contributed by atoms with van der Waals surface area (Å²) >= 11 is 0. The molecule has 2 N–H and O–H groups in total. The molecule has 1 aliphatic heterocycles. The molecule has 1 amide bonds. The molecule has 0 spiro atoms. The van der Waals surface area contributed by atoms with Crippen LogP contribution >= 0.6 is 24.0 Å². The zero-order valence-corrected chi connectivity index (χ0v) is 15.4. The Bertz CT molecular complexity index is 320. The minimum atomic E-state index is 0. The highest BCUT2D eigenvalue weighted by Crippen LogP contribution is 2.12. The van der Waals surface area contributed by atoms with Gasteiger partial charge in [-0.05, 0) is 12.8 Å². The van der Waals surface area contributed by atoms with Gasteiger partial charge in [-0.2, -0.15) is 0 Å². The molecule has 0 bridgehead atoms. The number of nitrogens with zero attached hydrogens (tertiary/aromatic N) is 2. The number of carbonyl (C=O) groups is 1. The number of guanidine groups is 1. The normalized spacial score (nSPS) is 18.9. The fourth-order valence-corrected chi connectivity index (χ4v) is 2.21. The molecule has 6 heteroatoms. The summed E-state index contributed by atoms with van der Waals surface area (Å²) in [6.45, 7) is 8.65. The SMILES string of the molecule is CCCCNC(=NC)NC1CCN(C(=O)C(C)C)C1.I. The molecule has 1 unspecified atom stereocenters. The van der Waals surface area contributed by atoms with E-state index >= 15 is 0 Å². The molecule has 1 saturated heterocycles. The summed E-state index contributed by atoms with van der Waals surface area (Å²) in [6, 6.07) is 0.315. The van der Waals surface area contributed by atoms with Crippen LogP contribution in [0.1, 0.15) is 40.0 Å². The van der Waals surface area contributed by atoms with Crippen LogP contribution in [-0.2, 0) is 4.79 Å². The number of amides is 1. The number of carbonyl (C=O) groups excluding carboxylic acids is 1. The van der Waals surface area contributed by atoms with E-state index in [0.29, 0.717) is 6.04 Å². The van der Waals surface area contributed by atoms with Gasteiger partial charge >= 0.3 is 0 Å². The van der Waals surface area contributed by atoms with E-state index in [-0.39, 0.29) is 35.8 Å². The average molecular weight is 396 g/mol. The van der Waals surface area contributed by atoms with Crippen LogP contribution in [0.15, 0.2) is 4.99 Å². The standard InChI is InChI=1S/C14H28N4O.HI/c1-5-6-8-16-14(15-4)17-12-7-9-18(10-12)13(19)11(2)3;/h11-12H,5-10H2,1-4H3,(H2,15,16,17);1H. The number of hydrogen-bond acceptors (Lipinski definition) is 2. The van der Waals surface area contributed by atoms with Gasteiger partial charge in [0.05, 0.1) is 0 Å². The molecule has 0 radical (unpaired) electrons. The molecule has 0 aliphatic carbocycles. The molecule has 1 rings (SSSR count). The molecule has 118 valence electrons. The summed E-state index contributed by atoms with van der Waals surface area (Å²) < 4.78 is 0. The summed E-state index contributed by atoms with van der Waals surface area (Å²) in [7, 11) is 1.78. The molecule has 5 nitrogen and oxygen atoms in total. The second kappa shape index (κ2) is 10.2. The van der Waals surface area contributed by atoms with Crippen molar-refractivity contribution in [2.24, 2.45) is 10.9 Å². The number of unbranched alkanes of at least 4 members (excludes halogenated alkanes) is 1. The molecule has 1 atom stereocenters. The van der Waals surface area contributed by atoms with Gasteiger partial charge < -0.3 is 15.5 Å². The molecular weight excluding hydrogens is 367 g/mol. The van der Waals surface area contributed by atoms with Gasteiger partial charge in [0.25, 0.3) is 0 Å². The molecule has 0 aromatic rings. The lowest BCUT2D eigenvalue weighted by Gasteiger charge is -2.20. The Hall–Kier alpha value is -0.530. The zero-order valence-electron chi connectivity index (χ0n) is 13.1. The number of aliphatic imine (C=N–C) groups is 1. The Balaban J connectivity index is 0.00000361. The highest BCUT2D eigenvalue weighted by molar-refractivity contribution is 14.0. The van der Waals surface area contributed by atoms with Crippen molar-refractivity contribution in [3.63, 3.8) is 0 Å². The Morgan fingerprint density at radius 3 is 2.70 bits per heavy atom. The van der Waals surface area contributed by atoms with E-state index in [1.807, 2.05) is 18.7 Å². The molecule has 1 aliphatic rings. The fourth-order valence-electron chi connectivity index (χ4n) is 2.21. The van der Waals surface area contributed by atoms with Gasteiger partial charge in [-0.15, -0.1) is 24.0 Å².